The Morgan fingerprint density at radius 1 is 1.53 bits per heavy atom. The predicted octanol–water partition coefficient (Wildman–Crippen LogP) is 2.82. The lowest BCUT2D eigenvalue weighted by atomic mass is 9.93. The average Bonchev–Trinajstić information content (AvgIpc) is 2.71. The van der Waals surface area contributed by atoms with Gasteiger partial charge in [0, 0.05) is 11.1 Å². The molecule has 0 bridgehead atoms. The molecule has 1 aliphatic rings. The fourth-order valence-electron chi connectivity index (χ4n) is 2.72. The number of hydrogen-bond donors (Lipinski definition) is 1. The van der Waals surface area contributed by atoms with Crippen molar-refractivity contribution in [1.82, 2.24) is 4.90 Å². The lowest BCUT2D eigenvalue weighted by Crippen LogP contribution is -2.28. The van der Waals surface area contributed by atoms with Crippen LogP contribution in [0.25, 0.3) is 0 Å². The second kappa shape index (κ2) is 5.34. The van der Waals surface area contributed by atoms with Gasteiger partial charge in [-0.05, 0) is 49.7 Å². The van der Waals surface area contributed by atoms with Crippen LogP contribution in [0.4, 0.5) is 4.39 Å². The second-order valence-electron chi connectivity index (χ2n) is 4.52. The van der Waals surface area contributed by atoms with Crippen molar-refractivity contribution in [3.63, 3.8) is 0 Å². The number of halogens is 2. The van der Waals surface area contributed by atoms with Gasteiger partial charge in [-0.1, -0.05) is 24.6 Å². The molecular formula is C13H18ClFN2. The summed E-state index contributed by atoms with van der Waals surface area (Å²) in [5, 5.41) is 0.508. The number of nitrogens with two attached hydrogens (primary N) is 1. The highest BCUT2D eigenvalue weighted by molar-refractivity contribution is 6.31. The molecule has 2 atom stereocenters. The molecule has 2 unspecified atom stereocenters. The van der Waals surface area contributed by atoms with Crippen LogP contribution >= 0.6 is 11.6 Å². The van der Waals surface area contributed by atoms with Crippen LogP contribution in [0.5, 0.6) is 0 Å². The van der Waals surface area contributed by atoms with Gasteiger partial charge in [0.1, 0.15) is 5.82 Å². The molecule has 0 aromatic heterocycles. The van der Waals surface area contributed by atoms with E-state index in [0.29, 0.717) is 17.5 Å². The summed E-state index contributed by atoms with van der Waals surface area (Å²) in [6.07, 6.45) is 1.09. The number of hydrogen-bond acceptors (Lipinski definition) is 2. The van der Waals surface area contributed by atoms with Crippen LogP contribution in [0, 0.1) is 11.7 Å². The van der Waals surface area contributed by atoms with Crippen molar-refractivity contribution >= 4 is 11.6 Å². The Bertz CT molecular complexity index is 385. The van der Waals surface area contributed by atoms with Gasteiger partial charge >= 0.3 is 0 Å². The molecule has 0 aliphatic carbocycles. The predicted molar refractivity (Wildman–Crippen MR) is 68.6 cm³/mol. The van der Waals surface area contributed by atoms with Gasteiger partial charge in [-0.3, -0.25) is 4.90 Å². The van der Waals surface area contributed by atoms with Gasteiger partial charge in [0.2, 0.25) is 0 Å². The molecule has 2 rings (SSSR count). The summed E-state index contributed by atoms with van der Waals surface area (Å²) in [4.78, 5) is 2.36. The quantitative estimate of drug-likeness (QED) is 0.901. The Morgan fingerprint density at radius 2 is 2.29 bits per heavy atom. The average molecular weight is 257 g/mol. The maximum Gasteiger partial charge on any atom is 0.124 e. The van der Waals surface area contributed by atoms with Crippen molar-refractivity contribution in [2.75, 3.05) is 19.6 Å². The fourth-order valence-corrected chi connectivity index (χ4v) is 3.00. The van der Waals surface area contributed by atoms with Crippen LogP contribution in [-0.4, -0.2) is 24.5 Å². The molecule has 1 fully saturated rings. The van der Waals surface area contributed by atoms with E-state index in [1.54, 1.807) is 6.07 Å². The maximum atomic E-state index is 13.1. The van der Waals surface area contributed by atoms with Crippen LogP contribution in [0.2, 0.25) is 5.02 Å². The van der Waals surface area contributed by atoms with E-state index in [1.807, 2.05) is 0 Å². The number of likely N-dealkylation sites (tertiary alicyclic amines) is 1. The first kappa shape index (κ1) is 12.8. The number of rotatable bonds is 3. The molecule has 1 aromatic rings. The van der Waals surface area contributed by atoms with Crippen LogP contribution < -0.4 is 5.73 Å². The van der Waals surface area contributed by atoms with Gasteiger partial charge in [-0.2, -0.15) is 0 Å². The Hall–Kier alpha value is -0.640. The van der Waals surface area contributed by atoms with Crippen molar-refractivity contribution in [3.8, 4) is 0 Å². The van der Waals surface area contributed by atoms with Gasteiger partial charge in [-0.15, -0.1) is 0 Å². The minimum atomic E-state index is -0.288. The minimum Gasteiger partial charge on any atom is -0.330 e. The van der Waals surface area contributed by atoms with E-state index in [9.17, 15) is 4.39 Å². The molecule has 4 heteroatoms. The van der Waals surface area contributed by atoms with Gasteiger partial charge in [0.25, 0.3) is 0 Å². The first-order valence-corrected chi connectivity index (χ1v) is 6.44. The van der Waals surface area contributed by atoms with Crippen molar-refractivity contribution in [3.05, 3.63) is 34.6 Å². The van der Waals surface area contributed by atoms with Crippen molar-refractivity contribution < 1.29 is 4.39 Å². The van der Waals surface area contributed by atoms with Crippen LogP contribution in [-0.2, 0) is 0 Å². The highest BCUT2D eigenvalue weighted by atomic mass is 35.5. The first-order valence-electron chi connectivity index (χ1n) is 6.06. The smallest absolute Gasteiger partial charge is 0.124 e. The van der Waals surface area contributed by atoms with Gasteiger partial charge in [0.05, 0.1) is 0 Å². The molecule has 0 radical (unpaired) electrons. The van der Waals surface area contributed by atoms with E-state index in [0.717, 1.165) is 25.1 Å². The Labute approximate surface area is 107 Å². The lowest BCUT2D eigenvalue weighted by Gasteiger charge is -2.27. The highest BCUT2D eigenvalue weighted by Gasteiger charge is 2.34. The zero-order chi connectivity index (χ0) is 12.4. The minimum absolute atomic E-state index is 0.234. The molecule has 2 nitrogen and oxygen atoms in total. The molecule has 17 heavy (non-hydrogen) atoms. The Kier molecular flexibility index (Phi) is 4.02. The molecule has 1 heterocycles. The molecule has 2 N–H and O–H groups in total. The third kappa shape index (κ3) is 2.46. The molecule has 94 valence electrons. The Balaban J connectivity index is 2.34. The van der Waals surface area contributed by atoms with Crippen molar-refractivity contribution in [2.45, 2.75) is 19.4 Å². The summed E-state index contributed by atoms with van der Waals surface area (Å²) >= 11 is 6.15. The fraction of sp³-hybridized carbons (Fsp3) is 0.538. The van der Waals surface area contributed by atoms with E-state index in [-0.39, 0.29) is 11.9 Å². The zero-order valence-electron chi connectivity index (χ0n) is 10.00. The van der Waals surface area contributed by atoms with E-state index in [2.05, 4.69) is 11.8 Å². The van der Waals surface area contributed by atoms with Crippen molar-refractivity contribution in [1.29, 1.82) is 0 Å². The number of benzene rings is 1. The van der Waals surface area contributed by atoms with E-state index in [1.165, 1.54) is 12.1 Å². The third-order valence-corrected chi connectivity index (χ3v) is 3.94. The number of nitrogens with zero attached hydrogens (tertiary/aromatic N) is 1. The summed E-state index contributed by atoms with van der Waals surface area (Å²) < 4.78 is 13.1. The molecule has 0 amide bonds. The Morgan fingerprint density at radius 3 is 2.88 bits per heavy atom. The van der Waals surface area contributed by atoms with Crippen LogP contribution in [0.1, 0.15) is 24.9 Å². The summed E-state index contributed by atoms with van der Waals surface area (Å²) in [5.74, 6) is 0.127. The SMILES string of the molecule is CCN1CCC(CN)C1c1ccc(F)cc1Cl. The molecular weight excluding hydrogens is 239 g/mol. The van der Waals surface area contributed by atoms with Crippen LogP contribution in [0.3, 0.4) is 0 Å². The summed E-state index contributed by atoms with van der Waals surface area (Å²) in [6.45, 7) is 4.78. The van der Waals surface area contributed by atoms with Crippen LogP contribution in [0.15, 0.2) is 18.2 Å². The summed E-state index contributed by atoms with van der Waals surface area (Å²) in [6, 6.07) is 4.88. The summed E-state index contributed by atoms with van der Waals surface area (Å²) in [5.41, 5.74) is 6.82. The highest BCUT2D eigenvalue weighted by Crippen LogP contribution is 2.39. The molecule has 1 aromatic carbocycles. The van der Waals surface area contributed by atoms with E-state index >= 15 is 0 Å². The third-order valence-electron chi connectivity index (χ3n) is 3.62. The van der Waals surface area contributed by atoms with E-state index < -0.39 is 0 Å². The van der Waals surface area contributed by atoms with Gasteiger partial charge in [-0.25, -0.2) is 4.39 Å². The molecule has 1 saturated heterocycles. The standard InChI is InChI=1S/C13H18ClFN2/c1-2-17-6-5-9(8-16)13(17)11-4-3-10(15)7-12(11)14/h3-4,7,9,13H,2,5-6,8,16H2,1H3. The molecule has 0 saturated carbocycles. The lowest BCUT2D eigenvalue weighted by molar-refractivity contribution is 0.242. The molecule has 1 aliphatic heterocycles. The first-order chi connectivity index (χ1) is 8.17. The van der Waals surface area contributed by atoms with Gasteiger partial charge in [0.15, 0.2) is 0 Å². The summed E-state index contributed by atoms with van der Waals surface area (Å²) in [7, 11) is 0. The van der Waals surface area contributed by atoms with E-state index in [4.69, 9.17) is 17.3 Å². The zero-order valence-corrected chi connectivity index (χ0v) is 10.8. The normalized spacial score (nSPS) is 25.4. The second-order valence-corrected chi connectivity index (χ2v) is 4.93. The van der Waals surface area contributed by atoms with Crippen molar-refractivity contribution in [2.24, 2.45) is 11.7 Å². The topological polar surface area (TPSA) is 29.3 Å². The largest absolute Gasteiger partial charge is 0.330 e. The molecule has 0 spiro atoms. The monoisotopic (exact) mass is 256 g/mol. The van der Waals surface area contributed by atoms with Gasteiger partial charge < -0.3 is 5.73 Å². The maximum absolute atomic E-state index is 13.1.